The number of ether oxygens (including phenoxy) is 1. The highest BCUT2D eigenvalue weighted by Gasteiger charge is 2.03. The molecule has 0 spiro atoms. The number of halogens is 2. The molecule has 2 aromatic rings. The Morgan fingerprint density at radius 1 is 1.10 bits per heavy atom. The molecule has 0 saturated carbocycles. The maximum Gasteiger partial charge on any atom is 0.258 e. The van der Waals surface area contributed by atoms with Gasteiger partial charge in [0.05, 0.1) is 0 Å². The van der Waals surface area contributed by atoms with Crippen LogP contribution in [0.2, 0.25) is 5.02 Å². The van der Waals surface area contributed by atoms with Crippen LogP contribution in [0.4, 0.5) is 0 Å². The first-order valence-corrected chi connectivity index (χ1v) is 7.20. The third-order valence-electron chi connectivity index (χ3n) is 2.59. The van der Waals surface area contributed by atoms with E-state index in [-0.39, 0.29) is 12.5 Å². The quantitative estimate of drug-likeness (QED) is 0.887. The molecule has 1 N–H and O–H groups in total. The van der Waals surface area contributed by atoms with E-state index in [0.29, 0.717) is 17.3 Å². The first-order chi connectivity index (χ1) is 9.63. The number of carbonyl (C=O) groups is 1. The van der Waals surface area contributed by atoms with E-state index in [1.165, 1.54) is 0 Å². The highest BCUT2D eigenvalue weighted by molar-refractivity contribution is 9.10. The van der Waals surface area contributed by atoms with E-state index in [9.17, 15) is 4.79 Å². The van der Waals surface area contributed by atoms with Gasteiger partial charge in [0.15, 0.2) is 6.61 Å². The number of carbonyl (C=O) groups excluding carboxylic acids is 1. The molecule has 0 bridgehead atoms. The summed E-state index contributed by atoms with van der Waals surface area (Å²) in [4.78, 5) is 11.7. The van der Waals surface area contributed by atoms with Crippen molar-refractivity contribution in [3.63, 3.8) is 0 Å². The van der Waals surface area contributed by atoms with E-state index in [1.807, 2.05) is 24.3 Å². The SMILES string of the molecule is O=C(COc1ccc(Cl)cc1)NCc1ccc(Br)cc1. The Morgan fingerprint density at radius 2 is 1.75 bits per heavy atom. The largest absolute Gasteiger partial charge is 0.484 e. The van der Waals surface area contributed by atoms with Gasteiger partial charge in [-0.2, -0.15) is 0 Å². The van der Waals surface area contributed by atoms with Crippen LogP contribution in [-0.2, 0) is 11.3 Å². The van der Waals surface area contributed by atoms with Crippen molar-refractivity contribution in [2.24, 2.45) is 0 Å². The lowest BCUT2D eigenvalue weighted by molar-refractivity contribution is -0.123. The second kappa shape index (κ2) is 7.31. The van der Waals surface area contributed by atoms with Gasteiger partial charge in [0, 0.05) is 16.0 Å². The van der Waals surface area contributed by atoms with Gasteiger partial charge in [-0.05, 0) is 42.0 Å². The maximum atomic E-state index is 11.7. The normalized spacial score (nSPS) is 10.1. The number of nitrogens with one attached hydrogen (secondary N) is 1. The summed E-state index contributed by atoms with van der Waals surface area (Å²) < 4.78 is 6.36. The summed E-state index contributed by atoms with van der Waals surface area (Å²) in [5, 5.41) is 3.43. The summed E-state index contributed by atoms with van der Waals surface area (Å²) in [5.74, 6) is 0.455. The van der Waals surface area contributed by atoms with Crippen molar-refractivity contribution in [3.05, 3.63) is 63.6 Å². The molecule has 20 heavy (non-hydrogen) atoms. The molecule has 0 aliphatic carbocycles. The van der Waals surface area contributed by atoms with Gasteiger partial charge in [0.2, 0.25) is 0 Å². The Hall–Kier alpha value is -1.52. The molecule has 104 valence electrons. The zero-order valence-electron chi connectivity index (χ0n) is 10.6. The fourth-order valence-electron chi connectivity index (χ4n) is 1.53. The molecule has 2 rings (SSSR count). The van der Waals surface area contributed by atoms with Gasteiger partial charge in [0.1, 0.15) is 5.75 Å². The van der Waals surface area contributed by atoms with Gasteiger partial charge in [-0.15, -0.1) is 0 Å². The number of hydrogen-bond acceptors (Lipinski definition) is 2. The number of rotatable bonds is 5. The van der Waals surface area contributed by atoms with Crippen LogP contribution in [0.3, 0.4) is 0 Å². The molecule has 2 aromatic carbocycles. The van der Waals surface area contributed by atoms with Gasteiger partial charge in [-0.25, -0.2) is 0 Å². The predicted molar refractivity (Wildman–Crippen MR) is 82.9 cm³/mol. The molecule has 0 aliphatic rings. The molecule has 3 nitrogen and oxygen atoms in total. The first kappa shape index (κ1) is 14.9. The molecule has 0 radical (unpaired) electrons. The van der Waals surface area contributed by atoms with Gasteiger partial charge >= 0.3 is 0 Å². The van der Waals surface area contributed by atoms with Crippen LogP contribution in [0.5, 0.6) is 5.75 Å². The molecular weight excluding hydrogens is 342 g/mol. The van der Waals surface area contributed by atoms with Crippen LogP contribution >= 0.6 is 27.5 Å². The predicted octanol–water partition coefficient (Wildman–Crippen LogP) is 3.80. The van der Waals surface area contributed by atoms with Crippen molar-refractivity contribution >= 4 is 33.4 Å². The van der Waals surface area contributed by atoms with E-state index < -0.39 is 0 Å². The topological polar surface area (TPSA) is 38.3 Å². The van der Waals surface area contributed by atoms with E-state index >= 15 is 0 Å². The van der Waals surface area contributed by atoms with Crippen molar-refractivity contribution in [2.45, 2.75) is 6.54 Å². The first-order valence-electron chi connectivity index (χ1n) is 6.03. The lowest BCUT2D eigenvalue weighted by Gasteiger charge is -2.07. The van der Waals surface area contributed by atoms with E-state index in [2.05, 4.69) is 21.2 Å². The Bertz CT molecular complexity index is 518. The Morgan fingerprint density at radius 3 is 2.40 bits per heavy atom. The van der Waals surface area contributed by atoms with Crippen molar-refractivity contribution in [2.75, 3.05) is 6.61 Å². The number of hydrogen-bond donors (Lipinski definition) is 1. The van der Waals surface area contributed by atoms with Crippen molar-refractivity contribution < 1.29 is 9.53 Å². The van der Waals surface area contributed by atoms with Crippen LogP contribution < -0.4 is 10.1 Å². The fraction of sp³-hybridized carbons (Fsp3) is 0.133. The number of amides is 1. The standard InChI is InChI=1S/C15H13BrClNO2/c16-12-3-1-11(2-4-12)9-18-15(19)10-20-14-7-5-13(17)6-8-14/h1-8H,9-10H2,(H,18,19). The lowest BCUT2D eigenvalue weighted by Crippen LogP contribution is -2.28. The van der Waals surface area contributed by atoms with Gasteiger partial charge in [-0.3, -0.25) is 4.79 Å². The summed E-state index contributed by atoms with van der Waals surface area (Å²) in [6.45, 7) is 0.467. The molecular formula is C15H13BrClNO2. The molecule has 0 saturated heterocycles. The van der Waals surface area contributed by atoms with Crippen LogP contribution in [0, 0.1) is 0 Å². The van der Waals surface area contributed by atoms with Crippen LogP contribution in [-0.4, -0.2) is 12.5 Å². The summed E-state index contributed by atoms with van der Waals surface area (Å²) in [6.07, 6.45) is 0. The summed E-state index contributed by atoms with van der Waals surface area (Å²) in [5.41, 5.74) is 1.04. The average molecular weight is 355 g/mol. The van der Waals surface area contributed by atoms with Crippen molar-refractivity contribution in [3.8, 4) is 5.75 Å². The molecule has 0 unspecified atom stereocenters. The minimum Gasteiger partial charge on any atom is -0.484 e. The highest BCUT2D eigenvalue weighted by Crippen LogP contribution is 2.15. The van der Waals surface area contributed by atoms with E-state index in [1.54, 1.807) is 24.3 Å². The molecule has 0 aliphatic heterocycles. The average Bonchev–Trinajstić information content (AvgIpc) is 2.46. The monoisotopic (exact) mass is 353 g/mol. The third-order valence-corrected chi connectivity index (χ3v) is 3.37. The van der Waals surface area contributed by atoms with Gasteiger partial charge in [0.25, 0.3) is 5.91 Å². The summed E-state index contributed by atoms with van der Waals surface area (Å²) in [6, 6.07) is 14.7. The van der Waals surface area contributed by atoms with Crippen LogP contribution in [0.1, 0.15) is 5.56 Å². The summed E-state index contributed by atoms with van der Waals surface area (Å²) >= 11 is 9.13. The van der Waals surface area contributed by atoms with Crippen LogP contribution in [0.25, 0.3) is 0 Å². The molecule has 5 heteroatoms. The second-order valence-electron chi connectivity index (χ2n) is 4.15. The highest BCUT2D eigenvalue weighted by atomic mass is 79.9. The maximum absolute atomic E-state index is 11.7. The van der Waals surface area contributed by atoms with E-state index in [0.717, 1.165) is 10.0 Å². The van der Waals surface area contributed by atoms with E-state index in [4.69, 9.17) is 16.3 Å². The molecule has 0 heterocycles. The molecule has 0 atom stereocenters. The van der Waals surface area contributed by atoms with Crippen molar-refractivity contribution in [1.82, 2.24) is 5.32 Å². The second-order valence-corrected chi connectivity index (χ2v) is 5.50. The Labute approximate surface area is 131 Å². The molecule has 0 aromatic heterocycles. The molecule has 1 amide bonds. The molecule has 0 fully saturated rings. The van der Waals surface area contributed by atoms with Gasteiger partial charge < -0.3 is 10.1 Å². The van der Waals surface area contributed by atoms with Crippen molar-refractivity contribution in [1.29, 1.82) is 0 Å². The lowest BCUT2D eigenvalue weighted by atomic mass is 10.2. The summed E-state index contributed by atoms with van der Waals surface area (Å²) in [7, 11) is 0. The zero-order chi connectivity index (χ0) is 14.4. The Kier molecular flexibility index (Phi) is 5.44. The zero-order valence-corrected chi connectivity index (χ0v) is 12.9. The smallest absolute Gasteiger partial charge is 0.258 e. The van der Waals surface area contributed by atoms with Gasteiger partial charge in [-0.1, -0.05) is 39.7 Å². The minimum atomic E-state index is -0.164. The number of benzene rings is 2. The fourth-order valence-corrected chi connectivity index (χ4v) is 1.92. The van der Waals surface area contributed by atoms with Crippen LogP contribution in [0.15, 0.2) is 53.0 Å². The third kappa shape index (κ3) is 4.87. The minimum absolute atomic E-state index is 0.0157. The Balaban J connectivity index is 1.75.